The number of rotatable bonds is 1. The normalized spacial score (nSPS) is 13.2. The van der Waals surface area contributed by atoms with Gasteiger partial charge in [0, 0.05) is 14.7 Å². The van der Waals surface area contributed by atoms with Crippen molar-refractivity contribution in [2.24, 2.45) is 0 Å². The van der Waals surface area contributed by atoms with Crippen molar-refractivity contribution in [3.8, 4) is 11.5 Å². The van der Waals surface area contributed by atoms with Crippen LogP contribution in [0, 0.1) is 0 Å². The van der Waals surface area contributed by atoms with Crippen LogP contribution in [0.4, 0.5) is 0 Å². The highest BCUT2D eigenvalue weighted by molar-refractivity contribution is 8.05. The lowest BCUT2D eigenvalue weighted by molar-refractivity contribution is 0.391. The third kappa shape index (κ3) is 2.09. The third-order valence-electron chi connectivity index (χ3n) is 3.11. The molecule has 0 saturated heterocycles. The lowest BCUT2D eigenvalue weighted by Gasteiger charge is -2.23. The molecule has 2 N–H and O–H groups in total. The number of benzene rings is 2. The summed E-state index contributed by atoms with van der Waals surface area (Å²) in [4.78, 5) is 4.16. The van der Waals surface area contributed by atoms with Gasteiger partial charge in [0.15, 0.2) is 11.5 Å². The first kappa shape index (κ1) is 12.8. The standard InChI is InChI=1S/C15H14O2S2/c1-8(2)9-7-10(16)13(17)15-14(9)18-11-5-3-4-6-12(11)19-15/h3-8,16-17H,1-2H3. The first-order chi connectivity index (χ1) is 9.08. The molecule has 0 amide bonds. The average molecular weight is 290 g/mol. The number of phenolic OH excluding ortho intramolecular Hbond substituents is 2. The maximum absolute atomic E-state index is 10.1. The Morgan fingerprint density at radius 2 is 1.53 bits per heavy atom. The van der Waals surface area contributed by atoms with Crippen molar-refractivity contribution in [1.29, 1.82) is 0 Å². The van der Waals surface area contributed by atoms with E-state index in [1.165, 1.54) is 16.7 Å². The quantitative estimate of drug-likeness (QED) is 0.629. The second-order valence-electron chi connectivity index (χ2n) is 4.80. The topological polar surface area (TPSA) is 40.5 Å². The van der Waals surface area contributed by atoms with Gasteiger partial charge in [-0.25, -0.2) is 0 Å². The van der Waals surface area contributed by atoms with Gasteiger partial charge < -0.3 is 10.2 Å². The fraction of sp³-hybridized carbons (Fsp3) is 0.200. The summed E-state index contributed by atoms with van der Waals surface area (Å²) in [6, 6.07) is 9.81. The third-order valence-corrected chi connectivity index (χ3v) is 5.77. The molecule has 4 heteroatoms. The first-order valence-corrected chi connectivity index (χ1v) is 7.74. The van der Waals surface area contributed by atoms with Gasteiger partial charge in [0.1, 0.15) is 0 Å². The Balaban J connectivity index is 2.21. The van der Waals surface area contributed by atoms with Gasteiger partial charge in [-0.15, -0.1) is 0 Å². The van der Waals surface area contributed by atoms with E-state index in [4.69, 9.17) is 0 Å². The molecule has 98 valence electrons. The number of hydrogen-bond donors (Lipinski definition) is 2. The zero-order valence-electron chi connectivity index (χ0n) is 10.7. The molecule has 0 saturated carbocycles. The fourth-order valence-electron chi connectivity index (χ4n) is 2.10. The van der Waals surface area contributed by atoms with E-state index in [2.05, 4.69) is 19.9 Å². The van der Waals surface area contributed by atoms with Gasteiger partial charge in [-0.1, -0.05) is 49.5 Å². The van der Waals surface area contributed by atoms with Crippen LogP contribution >= 0.6 is 23.5 Å². The van der Waals surface area contributed by atoms with E-state index in [0.29, 0.717) is 5.92 Å². The summed E-state index contributed by atoms with van der Waals surface area (Å²) in [6.07, 6.45) is 0. The van der Waals surface area contributed by atoms with Crippen LogP contribution in [0.2, 0.25) is 0 Å². The Morgan fingerprint density at radius 1 is 0.947 bits per heavy atom. The monoisotopic (exact) mass is 290 g/mol. The second-order valence-corrected chi connectivity index (χ2v) is 6.90. The highest BCUT2D eigenvalue weighted by Crippen LogP contribution is 2.56. The van der Waals surface area contributed by atoms with Crippen LogP contribution in [0.15, 0.2) is 49.9 Å². The Bertz CT molecular complexity index is 651. The van der Waals surface area contributed by atoms with Crippen LogP contribution in [-0.4, -0.2) is 10.2 Å². The van der Waals surface area contributed by atoms with E-state index in [0.717, 1.165) is 20.2 Å². The van der Waals surface area contributed by atoms with Gasteiger partial charge in [-0.05, 0) is 29.7 Å². The van der Waals surface area contributed by atoms with Crippen LogP contribution in [0.5, 0.6) is 11.5 Å². The molecule has 0 atom stereocenters. The van der Waals surface area contributed by atoms with Crippen molar-refractivity contribution in [3.05, 3.63) is 35.9 Å². The van der Waals surface area contributed by atoms with E-state index in [9.17, 15) is 10.2 Å². The molecule has 0 aliphatic carbocycles. The molecular weight excluding hydrogens is 276 g/mol. The molecule has 1 heterocycles. The zero-order valence-corrected chi connectivity index (χ0v) is 12.3. The van der Waals surface area contributed by atoms with Crippen LogP contribution in [-0.2, 0) is 0 Å². The van der Waals surface area contributed by atoms with Gasteiger partial charge in [-0.2, -0.15) is 0 Å². The van der Waals surface area contributed by atoms with Crippen molar-refractivity contribution >= 4 is 23.5 Å². The van der Waals surface area contributed by atoms with E-state index in [1.54, 1.807) is 17.8 Å². The highest BCUT2D eigenvalue weighted by atomic mass is 32.2. The van der Waals surface area contributed by atoms with E-state index in [-0.39, 0.29) is 11.5 Å². The summed E-state index contributed by atoms with van der Waals surface area (Å²) >= 11 is 3.19. The van der Waals surface area contributed by atoms with Gasteiger partial charge in [-0.3, -0.25) is 0 Å². The maximum Gasteiger partial charge on any atom is 0.172 e. The van der Waals surface area contributed by atoms with Crippen LogP contribution in [0.25, 0.3) is 0 Å². The molecule has 3 rings (SSSR count). The van der Waals surface area contributed by atoms with Gasteiger partial charge >= 0.3 is 0 Å². The summed E-state index contributed by atoms with van der Waals surface area (Å²) < 4.78 is 0. The summed E-state index contributed by atoms with van der Waals surface area (Å²) in [5.74, 6) is 0.264. The maximum atomic E-state index is 10.1. The predicted octanol–water partition coefficient (Wildman–Crippen LogP) is 4.84. The van der Waals surface area contributed by atoms with Crippen LogP contribution in [0.3, 0.4) is 0 Å². The lowest BCUT2D eigenvalue weighted by Crippen LogP contribution is -1.98. The molecule has 2 aromatic rings. The summed E-state index contributed by atoms with van der Waals surface area (Å²) in [5, 5.41) is 20.0. The molecule has 0 fully saturated rings. The van der Waals surface area contributed by atoms with Crippen molar-refractivity contribution in [1.82, 2.24) is 0 Å². The van der Waals surface area contributed by atoms with Crippen molar-refractivity contribution in [2.75, 3.05) is 0 Å². The molecule has 19 heavy (non-hydrogen) atoms. The number of phenols is 2. The molecule has 2 nitrogen and oxygen atoms in total. The largest absolute Gasteiger partial charge is 0.504 e. The summed E-state index contributed by atoms with van der Waals surface area (Å²) in [7, 11) is 0. The molecule has 0 bridgehead atoms. The summed E-state index contributed by atoms with van der Waals surface area (Å²) in [5.41, 5.74) is 1.08. The molecule has 0 unspecified atom stereocenters. The molecule has 1 aliphatic heterocycles. The molecule has 0 spiro atoms. The van der Waals surface area contributed by atoms with Crippen LogP contribution < -0.4 is 0 Å². The van der Waals surface area contributed by atoms with Crippen molar-refractivity contribution in [2.45, 2.75) is 39.3 Å². The SMILES string of the molecule is CC(C)c1cc(O)c(O)c2c1Sc1ccccc1S2. The van der Waals surface area contributed by atoms with Crippen molar-refractivity contribution < 1.29 is 10.2 Å². The molecule has 2 aromatic carbocycles. The van der Waals surface area contributed by atoms with E-state index in [1.807, 2.05) is 18.2 Å². The van der Waals surface area contributed by atoms with Gasteiger partial charge in [0.2, 0.25) is 0 Å². The smallest absolute Gasteiger partial charge is 0.172 e. The first-order valence-electron chi connectivity index (χ1n) is 6.11. The molecular formula is C15H14O2S2. The predicted molar refractivity (Wildman–Crippen MR) is 78.5 cm³/mol. The minimum atomic E-state index is -0.0325. The molecule has 1 aliphatic rings. The van der Waals surface area contributed by atoms with Gasteiger partial charge in [0.25, 0.3) is 0 Å². The van der Waals surface area contributed by atoms with Gasteiger partial charge in [0.05, 0.1) is 4.90 Å². The minimum absolute atomic E-state index is 0.00796. The highest BCUT2D eigenvalue weighted by Gasteiger charge is 2.25. The Labute approximate surface area is 120 Å². The lowest BCUT2D eigenvalue weighted by atomic mass is 10.0. The molecule has 0 radical (unpaired) electrons. The Hall–Kier alpha value is -1.26. The number of aromatic hydroxyl groups is 2. The number of hydrogen-bond acceptors (Lipinski definition) is 4. The molecule has 0 aromatic heterocycles. The number of fused-ring (bicyclic) bond motifs is 2. The van der Waals surface area contributed by atoms with Crippen molar-refractivity contribution in [3.63, 3.8) is 0 Å². The fourth-order valence-corrected chi connectivity index (χ4v) is 4.69. The minimum Gasteiger partial charge on any atom is -0.504 e. The second kappa shape index (κ2) is 4.69. The van der Waals surface area contributed by atoms with E-state index >= 15 is 0 Å². The summed E-state index contributed by atoms with van der Waals surface area (Å²) in [6.45, 7) is 4.19. The Morgan fingerprint density at radius 3 is 2.11 bits per heavy atom. The average Bonchev–Trinajstić information content (AvgIpc) is 2.41. The van der Waals surface area contributed by atoms with E-state index < -0.39 is 0 Å². The zero-order chi connectivity index (χ0) is 13.6. The Kier molecular flexibility index (Phi) is 3.15. The van der Waals surface area contributed by atoms with Crippen LogP contribution in [0.1, 0.15) is 25.3 Å².